The first-order chi connectivity index (χ1) is 11.4. The summed E-state index contributed by atoms with van der Waals surface area (Å²) in [5.74, 6) is 0.689. The van der Waals surface area contributed by atoms with E-state index in [9.17, 15) is 0 Å². The van der Waals surface area contributed by atoms with Crippen molar-refractivity contribution in [2.75, 3.05) is 7.05 Å². The predicted molar refractivity (Wildman–Crippen MR) is 107 cm³/mol. The minimum atomic E-state index is 0.258. The zero-order valence-electron chi connectivity index (χ0n) is 15.9. The molecule has 2 rings (SSSR count). The molecule has 24 heavy (non-hydrogen) atoms. The maximum atomic E-state index is 4.34. The monoisotopic (exact) mass is 323 g/mol. The van der Waals surface area contributed by atoms with Crippen molar-refractivity contribution in [2.45, 2.75) is 52.9 Å². The van der Waals surface area contributed by atoms with Crippen LogP contribution in [0, 0.1) is 11.3 Å². The Morgan fingerprint density at radius 1 is 1.17 bits per heavy atom. The van der Waals surface area contributed by atoms with Gasteiger partial charge in [-0.25, -0.2) is 0 Å². The van der Waals surface area contributed by atoms with Gasteiger partial charge in [0.15, 0.2) is 0 Å². The maximum absolute atomic E-state index is 4.34. The molecule has 0 aliphatic heterocycles. The minimum Gasteiger partial charge on any atom is -0.394 e. The van der Waals surface area contributed by atoms with Crippen molar-refractivity contribution in [3.8, 4) is 0 Å². The Balaban J connectivity index is 2.37. The molecule has 1 aliphatic carbocycles. The molecule has 0 heterocycles. The van der Waals surface area contributed by atoms with Crippen LogP contribution in [0.3, 0.4) is 0 Å². The first-order valence-electron chi connectivity index (χ1n) is 9.23. The molecule has 0 atom stereocenters. The number of nitrogens with one attached hydrogen (secondary N) is 1. The van der Waals surface area contributed by atoms with E-state index in [4.69, 9.17) is 0 Å². The van der Waals surface area contributed by atoms with E-state index in [0.29, 0.717) is 5.92 Å². The highest BCUT2D eigenvalue weighted by molar-refractivity contribution is 5.73. The van der Waals surface area contributed by atoms with Crippen molar-refractivity contribution in [1.82, 2.24) is 5.32 Å². The Kier molecular flexibility index (Phi) is 6.48. The van der Waals surface area contributed by atoms with Gasteiger partial charge in [0.2, 0.25) is 0 Å². The van der Waals surface area contributed by atoms with E-state index < -0.39 is 0 Å². The molecule has 1 aromatic carbocycles. The van der Waals surface area contributed by atoms with Crippen LogP contribution in [-0.4, -0.2) is 7.05 Å². The van der Waals surface area contributed by atoms with Crippen molar-refractivity contribution in [3.63, 3.8) is 0 Å². The van der Waals surface area contributed by atoms with E-state index in [-0.39, 0.29) is 5.41 Å². The van der Waals surface area contributed by atoms with Crippen LogP contribution in [0.5, 0.6) is 0 Å². The Hall–Kier alpha value is -1.76. The second-order valence-corrected chi connectivity index (χ2v) is 8.17. The molecule has 0 unspecified atom stereocenters. The van der Waals surface area contributed by atoms with Crippen LogP contribution in [0.4, 0.5) is 0 Å². The summed E-state index contributed by atoms with van der Waals surface area (Å²) >= 11 is 0. The fraction of sp³-hybridized carbons (Fsp3) is 0.478. The van der Waals surface area contributed by atoms with Gasteiger partial charge in [-0.15, -0.1) is 0 Å². The number of hydrogen-bond acceptors (Lipinski definition) is 1. The first-order valence-corrected chi connectivity index (χ1v) is 9.23. The van der Waals surface area contributed by atoms with E-state index in [1.807, 2.05) is 7.05 Å². The van der Waals surface area contributed by atoms with Crippen molar-refractivity contribution in [3.05, 3.63) is 65.9 Å². The molecule has 1 fully saturated rings. The quantitative estimate of drug-likeness (QED) is 0.601. The standard InChI is InChI=1S/C23H33N/c1-18(19-11-7-6-8-12-19)15-21(16-23(2,3)4)22(17-24-5)20-13-9-10-14-20/h6-8,11-12,15,17,20,24H,1,9-10,13-14,16H2,2-5H3/b21-15-,22-17-. The molecule has 1 nitrogen and oxygen atoms in total. The van der Waals surface area contributed by atoms with E-state index in [2.05, 4.69) is 75.3 Å². The number of allylic oxidation sites excluding steroid dienone is 4. The van der Waals surface area contributed by atoms with Crippen molar-refractivity contribution in [2.24, 2.45) is 11.3 Å². The van der Waals surface area contributed by atoms with Gasteiger partial charge in [0.05, 0.1) is 0 Å². The molecule has 1 aromatic rings. The molecular weight excluding hydrogens is 290 g/mol. The van der Waals surface area contributed by atoms with Gasteiger partial charge in [0.25, 0.3) is 0 Å². The zero-order chi connectivity index (χ0) is 17.6. The van der Waals surface area contributed by atoms with Crippen LogP contribution in [0.25, 0.3) is 5.57 Å². The molecule has 1 saturated carbocycles. The zero-order valence-corrected chi connectivity index (χ0v) is 15.9. The number of rotatable bonds is 6. The third-order valence-electron chi connectivity index (χ3n) is 4.68. The van der Waals surface area contributed by atoms with Gasteiger partial charge in [0, 0.05) is 7.05 Å². The van der Waals surface area contributed by atoms with Gasteiger partial charge in [0.1, 0.15) is 0 Å². The summed E-state index contributed by atoms with van der Waals surface area (Å²) in [4.78, 5) is 0. The van der Waals surface area contributed by atoms with Crippen LogP contribution in [0.2, 0.25) is 0 Å². The predicted octanol–water partition coefficient (Wildman–Crippen LogP) is 6.36. The van der Waals surface area contributed by atoms with Gasteiger partial charge >= 0.3 is 0 Å². The molecule has 0 spiro atoms. The second-order valence-electron chi connectivity index (χ2n) is 8.17. The Morgan fingerprint density at radius 2 is 1.79 bits per heavy atom. The molecule has 0 radical (unpaired) electrons. The third kappa shape index (κ3) is 5.40. The highest BCUT2D eigenvalue weighted by Crippen LogP contribution is 2.39. The summed E-state index contributed by atoms with van der Waals surface area (Å²) in [5.41, 5.74) is 5.50. The summed E-state index contributed by atoms with van der Waals surface area (Å²) in [7, 11) is 2.01. The van der Waals surface area contributed by atoms with Crippen LogP contribution in [0.1, 0.15) is 58.4 Å². The largest absolute Gasteiger partial charge is 0.394 e. The van der Waals surface area contributed by atoms with Gasteiger partial charge in [-0.1, -0.05) is 76.6 Å². The third-order valence-corrected chi connectivity index (χ3v) is 4.68. The van der Waals surface area contributed by atoms with Crippen molar-refractivity contribution >= 4 is 5.57 Å². The lowest BCUT2D eigenvalue weighted by Crippen LogP contribution is -2.13. The Bertz CT molecular complexity index is 593. The van der Waals surface area contributed by atoms with E-state index >= 15 is 0 Å². The van der Waals surface area contributed by atoms with E-state index in [1.54, 1.807) is 0 Å². The molecule has 0 amide bonds. The van der Waals surface area contributed by atoms with E-state index in [1.165, 1.54) is 42.4 Å². The molecule has 130 valence electrons. The lowest BCUT2D eigenvalue weighted by atomic mass is 9.80. The van der Waals surface area contributed by atoms with Gasteiger partial charge in [-0.05, 0) is 59.1 Å². The lowest BCUT2D eigenvalue weighted by molar-refractivity contribution is 0.407. The smallest absolute Gasteiger partial charge is 0.00278 e. The average molecular weight is 324 g/mol. The van der Waals surface area contributed by atoms with Crippen molar-refractivity contribution in [1.29, 1.82) is 0 Å². The summed E-state index contributed by atoms with van der Waals surface area (Å²) in [6.07, 6.45) is 11.0. The van der Waals surface area contributed by atoms with Gasteiger partial charge in [-0.2, -0.15) is 0 Å². The SMILES string of the molecule is C=C(/C=C(CC(C)(C)C)\C(=C/NC)C1CCCC1)c1ccccc1. The first kappa shape index (κ1) is 18.6. The highest BCUT2D eigenvalue weighted by Gasteiger charge is 2.24. The van der Waals surface area contributed by atoms with E-state index in [0.717, 1.165) is 12.0 Å². The molecule has 0 bridgehead atoms. The number of hydrogen-bond donors (Lipinski definition) is 1. The molecular formula is C23H33N. The van der Waals surface area contributed by atoms with Crippen LogP contribution >= 0.6 is 0 Å². The molecule has 0 aromatic heterocycles. The molecule has 1 N–H and O–H groups in total. The summed E-state index contributed by atoms with van der Waals surface area (Å²) in [5, 5.41) is 3.29. The lowest BCUT2D eigenvalue weighted by Gasteiger charge is -2.26. The van der Waals surface area contributed by atoms with Crippen LogP contribution < -0.4 is 5.32 Å². The molecule has 1 heteroatoms. The van der Waals surface area contributed by atoms with Crippen LogP contribution in [0.15, 0.2) is 60.3 Å². The maximum Gasteiger partial charge on any atom is 0.00278 e. The Morgan fingerprint density at radius 3 is 2.33 bits per heavy atom. The molecule has 1 aliphatic rings. The van der Waals surface area contributed by atoms with Gasteiger partial charge in [-0.3, -0.25) is 0 Å². The fourth-order valence-corrected chi connectivity index (χ4v) is 3.62. The second kappa shape index (κ2) is 8.37. The van der Waals surface area contributed by atoms with Crippen LogP contribution in [-0.2, 0) is 0 Å². The molecule has 0 saturated heterocycles. The number of benzene rings is 1. The topological polar surface area (TPSA) is 12.0 Å². The minimum absolute atomic E-state index is 0.258. The van der Waals surface area contributed by atoms with Crippen molar-refractivity contribution < 1.29 is 0 Å². The summed E-state index contributed by atoms with van der Waals surface area (Å²) in [6, 6.07) is 10.5. The normalized spacial score (nSPS) is 17.2. The highest BCUT2D eigenvalue weighted by atomic mass is 14.8. The fourth-order valence-electron chi connectivity index (χ4n) is 3.62. The van der Waals surface area contributed by atoms with Gasteiger partial charge < -0.3 is 5.32 Å². The average Bonchev–Trinajstić information content (AvgIpc) is 3.05. The Labute approximate surface area is 148 Å². The summed E-state index contributed by atoms with van der Waals surface area (Å²) in [6.45, 7) is 11.3. The summed E-state index contributed by atoms with van der Waals surface area (Å²) < 4.78 is 0.